The Hall–Kier alpha value is -3.52. The van der Waals surface area contributed by atoms with Crippen molar-refractivity contribution in [3.05, 3.63) is 106 Å². The van der Waals surface area contributed by atoms with Gasteiger partial charge in [-0.1, -0.05) is 72.3 Å². The molecular weight excluding hydrogens is 675 g/mol. The largest absolute Gasteiger partial charge is 0.471 e. The van der Waals surface area contributed by atoms with Crippen molar-refractivity contribution < 1.29 is 42.4 Å². The van der Waals surface area contributed by atoms with Crippen LogP contribution in [0.1, 0.15) is 72.3 Å². The molecule has 3 aliphatic rings. The molecule has 13 heteroatoms. The summed E-state index contributed by atoms with van der Waals surface area (Å²) in [7, 11) is 0. The number of benzene rings is 3. The van der Waals surface area contributed by atoms with Gasteiger partial charge in [0.15, 0.2) is 6.29 Å². The third kappa shape index (κ3) is 8.50. The van der Waals surface area contributed by atoms with Crippen LogP contribution in [0.5, 0.6) is 0 Å². The van der Waals surface area contributed by atoms with Crippen molar-refractivity contribution in [2.24, 2.45) is 0 Å². The minimum atomic E-state index is -5.03. The van der Waals surface area contributed by atoms with E-state index in [-0.39, 0.29) is 38.3 Å². The van der Waals surface area contributed by atoms with Gasteiger partial charge in [0.05, 0.1) is 24.4 Å². The number of likely N-dealkylation sites (tertiary alicyclic amines) is 2. The van der Waals surface area contributed by atoms with Crippen LogP contribution in [-0.2, 0) is 37.8 Å². The Bertz CT molecular complexity index is 1620. The summed E-state index contributed by atoms with van der Waals surface area (Å²) in [4.78, 5) is 27.4. The molecule has 3 aliphatic heterocycles. The van der Waals surface area contributed by atoms with E-state index in [1.54, 1.807) is 24.3 Å². The first-order valence-electron chi connectivity index (χ1n) is 16.9. The van der Waals surface area contributed by atoms with Crippen molar-refractivity contribution in [2.75, 3.05) is 26.2 Å². The molecule has 3 fully saturated rings. The summed E-state index contributed by atoms with van der Waals surface area (Å²) in [6, 6.07) is 21.1. The molecule has 0 radical (unpaired) electrons. The van der Waals surface area contributed by atoms with Crippen LogP contribution in [0.15, 0.2) is 72.8 Å². The topological polar surface area (TPSA) is 112 Å². The van der Waals surface area contributed by atoms with Crippen LogP contribution in [0.3, 0.4) is 0 Å². The molecule has 3 saturated heterocycles. The van der Waals surface area contributed by atoms with Crippen LogP contribution >= 0.6 is 11.6 Å². The van der Waals surface area contributed by atoms with Gasteiger partial charge >= 0.3 is 12.1 Å². The number of amides is 2. The van der Waals surface area contributed by atoms with Crippen molar-refractivity contribution in [1.29, 1.82) is 0 Å². The average Bonchev–Trinajstić information content (AvgIpc) is 3.61. The molecule has 3 heterocycles. The predicted molar refractivity (Wildman–Crippen MR) is 179 cm³/mol. The van der Waals surface area contributed by atoms with Gasteiger partial charge in [0, 0.05) is 49.7 Å². The minimum Gasteiger partial charge on any atom is -0.392 e. The number of ether oxygens (including phenoxy) is 2. The molecule has 9 nitrogen and oxygen atoms in total. The molecule has 0 spiro atoms. The Labute approximate surface area is 293 Å². The van der Waals surface area contributed by atoms with Gasteiger partial charge < -0.3 is 34.8 Å². The maximum absolute atomic E-state index is 13.0. The Balaban J connectivity index is 1.10. The number of hydrogen-bond donors (Lipinski definition) is 3. The Morgan fingerprint density at radius 3 is 2.18 bits per heavy atom. The molecule has 0 saturated carbocycles. The number of piperidine rings is 1. The maximum Gasteiger partial charge on any atom is 0.471 e. The number of halogens is 4. The molecular formula is C37H41ClF3N3O6. The smallest absolute Gasteiger partial charge is 0.392 e. The maximum atomic E-state index is 13.0. The third-order valence-electron chi connectivity index (χ3n) is 9.92. The summed E-state index contributed by atoms with van der Waals surface area (Å²) < 4.78 is 52.0. The summed E-state index contributed by atoms with van der Waals surface area (Å²) in [5.74, 6) is -2.61. The molecule has 0 aromatic heterocycles. The van der Waals surface area contributed by atoms with E-state index >= 15 is 0 Å². The summed E-state index contributed by atoms with van der Waals surface area (Å²) in [6.45, 7) is 1.92. The van der Waals surface area contributed by atoms with E-state index in [9.17, 15) is 33.0 Å². The molecule has 3 aromatic rings. The number of carbonyl (C=O) groups excluding carboxylic acids is 2. The normalized spacial score (nSPS) is 24.2. The van der Waals surface area contributed by atoms with Gasteiger partial charge in [0.2, 0.25) is 5.91 Å². The molecule has 6 rings (SSSR count). The van der Waals surface area contributed by atoms with Gasteiger partial charge in [-0.2, -0.15) is 13.2 Å². The fourth-order valence-corrected chi connectivity index (χ4v) is 7.15. The first kappa shape index (κ1) is 36.3. The van der Waals surface area contributed by atoms with Gasteiger partial charge in [0.25, 0.3) is 0 Å². The lowest BCUT2D eigenvalue weighted by atomic mass is 9.84. The summed E-state index contributed by atoms with van der Waals surface area (Å²) in [6.07, 6.45) is -3.95. The van der Waals surface area contributed by atoms with Gasteiger partial charge in [-0.3, -0.25) is 9.59 Å². The molecule has 0 unspecified atom stereocenters. The number of nitrogens with one attached hydrogen (secondary N) is 1. The lowest BCUT2D eigenvalue weighted by Gasteiger charge is -2.42. The van der Waals surface area contributed by atoms with Gasteiger partial charge in [-0.05, 0) is 60.1 Å². The van der Waals surface area contributed by atoms with E-state index in [0.29, 0.717) is 55.2 Å². The molecule has 0 bridgehead atoms. The van der Waals surface area contributed by atoms with Gasteiger partial charge in [-0.25, -0.2) is 0 Å². The standard InChI is InChI=1S/C37H41ClF3N3O6/c38-29-13-11-28(12-14-29)36(48)15-18-43(19-16-36)22-30-20-32(26-7-5-25(23-45)6-8-26)50-34(49-30)27-9-3-24(4-10-27)21-42-33(46)31-2-1-17-44(31)35(47)37(39,40)41/h3-14,30-32,34,45,48H,1-2,15-23H2,(H,42,46)/t30-,31+,32+,34+/m1/s1. The van der Waals surface area contributed by atoms with Crippen molar-refractivity contribution >= 4 is 23.4 Å². The number of carbonyl (C=O) groups is 2. The molecule has 50 heavy (non-hydrogen) atoms. The van der Waals surface area contributed by atoms with Crippen LogP contribution in [0.25, 0.3) is 0 Å². The average molecular weight is 716 g/mol. The van der Waals surface area contributed by atoms with Gasteiger partial charge in [0.1, 0.15) is 6.04 Å². The number of hydrogen-bond acceptors (Lipinski definition) is 7. The second-order valence-corrected chi connectivity index (χ2v) is 13.7. The van der Waals surface area contributed by atoms with Crippen LogP contribution in [0.4, 0.5) is 13.2 Å². The first-order chi connectivity index (χ1) is 23.9. The van der Waals surface area contributed by atoms with E-state index < -0.39 is 35.9 Å². The second kappa shape index (κ2) is 15.4. The van der Waals surface area contributed by atoms with E-state index in [0.717, 1.165) is 27.8 Å². The number of nitrogens with zero attached hydrogens (tertiary/aromatic N) is 2. The number of rotatable bonds is 9. The predicted octanol–water partition coefficient (Wildman–Crippen LogP) is 5.53. The number of alkyl halides is 3. The lowest BCUT2D eigenvalue weighted by Crippen LogP contribution is -2.50. The molecule has 4 atom stereocenters. The highest BCUT2D eigenvalue weighted by Crippen LogP contribution is 2.39. The number of aliphatic hydroxyl groups excluding tert-OH is 1. The summed E-state index contributed by atoms with van der Waals surface area (Å²) in [5.41, 5.74) is 3.17. The Morgan fingerprint density at radius 1 is 0.900 bits per heavy atom. The van der Waals surface area contributed by atoms with E-state index in [4.69, 9.17) is 21.1 Å². The Kier molecular flexibility index (Phi) is 11.2. The highest BCUT2D eigenvalue weighted by molar-refractivity contribution is 6.30. The monoisotopic (exact) mass is 715 g/mol. The van der Waals surface area contributed by atoms with Crippen molar-refractivity contribution in [1.82, 2.24) is 15.1 Å². The molecule has 268 valence electrons. The van der Waals surface area contributed by atoms with Crippen molar-refractivity contribution in [2.45, 2.75) is 81.6 Å². The zero-order chi connectivity index (χ0) is 35.5. The van der Waals surface area contributed by atoms with Crippen molar-refractivity contribution in [3.8, 4) is 0 Å². The van der Waals surface area contributed by atoms with Crippen molar-refractivity contribution in [3.63, 3.8) is 0 Å². The molecule has 0 aliphatic carbocycles. The fourth-order valence-electron chi connectivity index (χ4n) is 7.02. The second-order valence-electron chi connectivity index (χ2n) is 13.3. The highest BCUT2D eigenvalue weighted by atomic mass is 35.5. The van der Waals surface area contributed by atoms with Gasteiger partial charge in [-0.15, -0.1) is 0 Å². The summed E-state index contributed by atoms with van der Waals surface area (Å²) in [5, 5.41) is 24.2. The quantitative estimate of drug-likeness (QED) is 0.267. The fraction of sp³-hybridized carbons (Fsp3) is 0.459. The van der Waals surface area contributed by atoms with Crippen LogP contribution < -0.4 is 5.32 Å². The lowest BCUT2D eigenvalue weighted by molar-refractivity contribution is -0.253. The van der Waals surface area contributed by atoms with Crippen LogP contribution in [0.2, 0.25) is 5.02 Å². The molecule has 3 N–H and O–H groups in total. The molecule has 3 aromatic carbocycles. The number of aliphatic hydroxyl groups is 2. The zero-order valence-corrected chi connectivity index (χ0v) is 28.2. The first-order valence-corrected chi connectivity index (χ1v) is 17.3. The molecule has 2 amide bonds. The summed E-state index contributed by atoms with van der Waals surface area (Å²) >= 11 is 6.05. The zero-order valence-electron chi connectivity index (χ0n) is 27.4. The highest BCUT2D eigenvalue weighted by Gasteiger charge is 2.47. The van der Waals surface area contributed by atoms with E-state index in [1.165, 1.54) is 0 Å². The van der Waals surface area contributed by atoms with Crippen LogP contribution in [-0.4, -0.2) is 76.3 Å². The van der Waals surface area contributed by atoms with E-state index in [2.05, 4.69) is 10.2 Å². The van der Waals surface area contributed by atoms with E-state index in [1.807, 2.05) is 48.5 Å². The Morgan fingerprint density at radius 2 is 1.54 bits per heavy atom. The van der Waals surface area contributed by atoms with Crippen LogP contribution in [0, 0.1) is 0 Å². The minimum absolute atomic E-state index is 0.0606. The SMILES string of the molecule is O=C(NCc1ccc([C@H]2O[C@@H](CN3CCC(O)(c4ccc(Cl)cc4)CC3)C[C@@H](c3ccc(CO)cc3)O2)cc1)[C@@H]1CCCN1C(=O)C(F)(F)F. The third-order valence-corrected chi connectivity index (χ3v) is 10.2.